The van der Waals surface area contributed by atoms with Gasteiger partial charge in [0.1, 0.15) is 0 Å². The van der Waals surface area contributed by atoms with E-state index < -0.39 is 42.1 Å². The summed E-state index contributed by atoms with van der Waals surface area (Å²) in [5, 5.41) is 2.53. The van der Waals surface area contributed by atoms with Gasteiger partial charge in [-0.25, -0.2) is 4.79 Å². The van der Waals surface area contributed by atoms with E-state index in [9.17, 15) is 23.2 Å². The molecular formula is C25H24F2N2O6. The van der Waals surface area contributed by atoms with Crippen LogP contribution in [-0.2, 0) is 29.7 Å². The molecule has 2 aliphatic heterocycles. The summed E-state index contributed by atoms with van der Waals surface area (Å²) < 4.78 is 46.0. The zero-order valence-electron chi connectivity index (χ0n) is 19.2. The molecule has 2 heterocycles. The van der Waals surface area contributed by atoms with Gasteiger partial charge in [0.2, 0.25) is 11.7 Å². The van der Waals surface area contributed by atoms with Crippen molar-refractivity contribution in [3.63, 3.8) is 0 Å². The van der Waals surface area contributed by atoms with E-state index in [0.717, 1.165) is 5.56 Å². The molecule has 0 bridgehead atoms. The Morgan fingerprint density at radius 1 is 1.09 bits per heavy atom. The number of nitrogens with one attached hydrogen (secondary N) is 1. The number of carbonyl (C=O) groups is 3. The Kier molecular flexibility index (Phi) is 5.60. The first-order valence-electron chi connectivity index (χ1n) is 11.3. The van der Waals surface area contributed by atoms with Crippen molar-refractivity contribution in [3.05, 3.63) is 58.7 Å². The molecule has 0 aromatic heterocycles. The first-order valence-corrected chi connectivity index (χ1v) is 11.3. The molecule has 0 radical (unpaired) electrons. The number of aryl methyl sites for hydroxylation is 1. The van der Waals surface area contributed by atoms with Gasteiger partial charge in [-0.1, -0.05) is 23.8 Å². The van der Waals surface area contributed by atoms with Crippen molar-refractivity contribution in [3.8, 4) is 11.1 Å². The molecule has 0 unspecified atom stereocenters. The van der Waals surface area contributed by atoms with Crippen LogP contribution in [0.1, 0.15) is 33.5 Å². The number of ether oxygens (including phenoxy) is 3. The Morgan fingerprint density at radius 2 is 1.83 bits per heavy atom. The molecule has 1 atom stereocenters. The van der Waals surface area contributed by atoms with E-state index >= 15 is 0 Å². The van der Waals surface area contributed by atoms with Gasteiger partial charge < -0.3 is 24.4 Å². The second-order valence-electron chi connectivity index (χ2n) is 8.84. The fourth-order valence-corrected chi connectivity index (χ4v) is 5.08. The molecule has 2 saturated heterocycles. The quantitative estimate of drug-likeness (QED) is 0.667. The van der Waals surface area contributed by atoms with E-state index in [1.54, 1.807) is 19.1 Å². The highest BCUT2D eigenvalue weighted by atomic mass is 19.3. The summed E-state index contributed by atoms with van der Waals surface area (Å²) in [6.45, 7) is 2.13. The number of nitrogens with zero attached hydrogens (tertiary/aromatic N) is 1. The van der Waals surface area contributed by atoms with Gasteiger partial charge in [0.05, 0.1) is 26.9 Å². The highest BCUT2D eigenvalue weighted by Gasteiger charge is 2.57. The molecule has 184 valence electrons. The molecule has 2 amide bonds. The lowest BCUT2D eigenvalue weighted by molar-refractivity contribution is -0.193. The first-order chi connectivity index (χ1) is 16.7. The second kappa shape index (κ2) is 8.39. The number of fused-ring (bicyclic) bond motifs is 3. The van der Waals surface area contributed by atoms with E-state index in [0.29, 0.717) is 25.2 Å². The zero-order chi connectivity index (χ0) is 25.0. The number of alkyl halides is 2. The highest BCUT2D eigenvalue weighted by Crippen LogP contribution is 2.51. The first kappa shape index (κ1) is 23.4. The van der Waals surface area contributed by atoms with Crippen LogP contribution in [0.3, 0.4) is 0 Å². The number of methoxy groups -OCH3 is 1. The van der Waals surface area contributed by atoms with Crippen LogP contribution >= 0.6 is 0 Å². The van der Waals surface area contributed by atoms with Crippen molar-refractivity contribution < 1.29 is 37.4 Å². The summed E-state index contributed by atoms with van der Waals surface area (Å²) in [6.07, 6.45) is 0.296. The molecule has 5 rings (SSSR count). The molecule has 1 aliphatic carbocycles. The fourth-order valence-electron chi connectivity index (χ4n) is 5.08. The topological polar surface area (TPSA) is 94.2 Å². The molecule has 1 N–H and O–H groups in total. The highest BCUT2D eigenvalue weighted by molar-refractivity contribution is 5.99. The number of hydrogen-bond donors (Lipinski definition) is 1. The largest absolute Gasteiger partial charge is 0.467 e. The SMILES string of the molecule is COC(=O)[C@H]1N(C(=O)CNC(=O)c2ccc3c(c2)-c2ccc(C)cc2C3(F)F)CCC12OCCO2. The minimum atomic E-state index is -3.15. The van der Waals surface area contributed by atoms with E-state index in [-0.39, 0.29) is 28.8 Å². The average molecular weight is 486 g/mol. The van der Waals surface area contributed by atoms with Crippen molar-refractivity contribution in [2.45, 2.75) is 31.1 Å². The summed E-state index contributed by atoms with van der Waals surface area (Å²) >= 11 is 0. The van der Waals surface area contributed by atoms with Crippen molar-refractivity contribution >= 4 is 17.8 Å². The average Bonchev–Trinajstić information content (AvgIpc) is 3.53. The van der Waals surface area contributed by atoms with Crippen LogP contribution in [-0.4, -0.2) is 67.9 Å². The lowest BCUT2D eigenvalue weighted by Crippen LogP contribution is -2.54. The lowest BCUT2D eigenvalue weighted by Gasteiger charge is -2.31. The van der Waals surface area contributed by atoms with Gasteiger partial charge in [-0.3, -0.25) is 9.59 Å². The number of amides is 2. The molecule has 2 fully saturated rings. The summed E-state index contributed by atoms with van der Waals surface area (Å²) in [4.78, 5) is 39.4. The van der Waals surface area contributed by atoms with Gasteiger partial charge in [-0.2, -0.15) is 8.78 Å². The lowest BCUT2D eigenvalue weighted by atomic mass is 10.0. The Balaban J connectivity index is 1.32. The Hall–Kier alpha value is -3.37. The molecule has 35 heavy (non-hydrogen) atoms. The number of benzene rings is 2. The maximum atomic E-state index is 14.9. The molecule has 3 aliphatic rings. The van der Waals surface area contributed by atoms with Crippen LogP contribution in [0, 0.1) is 6.92 Å². The van der Waals surface area contributed by atoms with Gasteiger partial charge in [0, 0.05) is 29.7 Å². The minimum Gasteiger partial charge on any atom is -0.467 e. The molecule has 8 nitrogen and oxygen atoms in total. The molecule has 1 spiro atoms. The normalized spacial score (nSPS) is 21.0. The maximum Gasteiger partial charge on any atom is 0.334 e. The summed E-state index contributed by atoms with van der Waals surface area (Å²) in [7, 11) is 1.21. The predicted molar refractivity (Wildman–Crippen MR) is 119 cm³/mol. The molecule has 0 saturated carbocycles. The Labute approximate surface area is 200 Å². The van der Waals surface area contributed by atoms with Gasteiger partial charge in [-0.05, 0) is 36.2 Å². The molecule has 10 heteroatoms. The minimum absolute atomic E-state index is 0.0894. The predicted octanol–water partition coefficient (Wildman–Crippen LogP) is 2.36. The van der Waals surface area contributed by atoms with Crippen molar-refractivity contribution in [2.24, 2.45) is 0 Å². The van der Waals surface area contributed by atoms with Crippen LogP contribution in [0.15, 0.2) is 36.4 Å². The number of halogens is 2. The Morgan fingerprint density at radius 3 is 2.54 bits per heavy atom. The Bertz CT molecular complexity index is 1220. The van der Waals surface area contributed by atoms with E-state index in [2.05, 4.69) is 5.32 Å². The summed E-state index contributed by atoms with van der Waals surface area (Å²) in [5.41, 5.74) is 1.27. The van der Waals surface area contributed by atoms with Gasteiger partial charge in [0.25, 0.3) is 11.8 Å². The number of likely N-dealkylation sites (tertiary alicyclic amines) is 1. The van der Waals surface area contributed by atoms with Crippen molar-refractivity contribution in [1.29, 1.82) is 0 Å². The zero-order valence-corrected chi connectivity index (χ0v) is 19.2. The van der Waals surface area contributed by atoms with Crippen molar-refractivity contribution in [1.82, 2.24) is 10.2 Å². The molecule has 2 aromatic carbocycles. The number of esters is 1. The second-order valence-corrected chi connectivity index (χ2v) is 8.84. The maximum absolute atomic E-state index is 14.9. The number of rotatable bonds is 4. The fraction of sp³-hybridized carbons (Fsp3) is 0.400. The third-order valence-electron chi connectivity index (χ3n) is 6.77. The number of carbonyl (C=O) groups excluding carboxylic acids is 3. The van der Waals surface area contributed by atoms with Gasteiger partial charge >= 0.3 is 5.97 Å². The van der Waals surface area contributed by atoms with Crippen LogP contribution in [0.25, 0.3) is 11.1 Å². The van der Waals surface area contributed by atoms with E-state index in [1.807, 2.05) is 0 Å². The third kappa shape index (κ3) is 3.68. The monoisotopic (exact) mass is 486 g/mol. The van der Waals surface area contributed by atoms with Crippen LogP contribution < -0.4 is 5.32 Å². The van der Waals surface area contributed by atoms with Crippen molar-refractivity contribution in [2.75, 3.05) is 33.4 Å². The van der Waals surface area contributed by atoms with Gasteiger partial charge in [-0.15, -0.1) is 0 Å². The smallest absolute Gasteiger partial charge is 0.334 e. The molecule has 2 aromatic rings. The van der Waals surface area contributed by atoms with Crippen LogP contribution in [0.4, 0.5) is 8.78 Å². The standard InChI is InChI=1S/C25H24F2N2O6/c1-14-3-5-16-17-12-15(4-6-18(17)25(26,27)19(16)11-14)22(31)28-13-20(30)29-8-7-24(34-9-10-35-24)21(29)23(32)33-2/h3-6,11-12,21H,7-10,13H2,1-2H3,(H,28,31)/t21-/m1/s1. The van der Waals surface area contributed by atoms with E-state index in [1.165, 1.54) is 36.3 Å². The number of hydrogen-bond acceptors (Lipinski definition) is 6. The van der Waals surface area contributed by atoms with Crippen LogP contribution in [0.2, 0.25) is 0 Å². The third-order valence-corrected chi connectivity index (χ3v) is 6.77. The molecular weight excluding hydrogens is 462 g/mol. The van der Waals surface area contributed by atoms with E-state index in [4.69, 9.17) is 14.2 Å². The summed E-state index contributed by atoms with van der Waals surface area (Å²) in [5.74, 6) is -6.18. The van der Waals surface area contributed by atoms with Crippen LogP contribution in [0.5, 0.6) is 0 Å². The summed E-state index contributed by atoms with van der Waals surface area (Å²) in [6, 6.07) is 7.70. The van der Waals surface area contributed by atoms with Gasteiger partial charge in [0.15, 0.2) is 6.04 Å².